The van der Waals surface area contributed by atoms with Crippen LogP contribution in [0.4, 0.5) is 13.2 Å². The molecule has 1 saturated carbocycles. The summed E-state index contributed by atoms with van der Waals surface area (Å²) in [5, 5.41) is 0.741. The molecule has 228 valence electrons. The third-order valence-corrected chi connectivity index (χ3v) is 9.79. The van der Waals surface area contributed by atoms with Gasteiger partial charge in [0.15, 0.2) is 0 Å². The van der Waals surface area contributed by atoms with Gasteiger partial charge in [-0.1, -0.05) is 35.9 Å². The van der Waals surface area contributed by atoms with Crippen LogP contribution in [-0.2, 0) is 10.2 Å². The highest BCUT2D eigenvalue weighted by Crippen LogP contribution is 2.46. The van der Waals surface area contributed by atoms with E-state index in [9.17, 15) is 13.2 Å². The summed E-state index contributed by atoms with van der Waals surface area (Å²) in [6.45, 7) is 8.89. The van der Waals surface area contributed by atoms with Crippen molar-refractivity contribution >= 4 is 11.6 Å². The molecule has 1 aliphatic heterocycles. The van der Waals surface area contributed by atoms with Crippen molar-refractivity contribution in [2.24, 2.45) is 11.3 Å². The van der Waals surface area contributed by atoms with E-state index in [1.54, 1.807) is 7.11 Å². The molecule has 2 aliphatic rings. The molecule has 41 heavy (non-hydrogen) atoms. The summed E-state index contributed by atoms with van der Waals surface area (Å²) in [5.41, 5.74) is 0.282. The van der Waals surface area contributed by atoms with Gasteiger partial charge in [0.05, 0.1) is 18.1 Å². The van der Waals surface area contributed by atoms with E-state index < -0.39 is 11.6 Å². The summed E-state index contributed by atoms with van der Waals surface area (Å²) in [5.74, 6) is 1.69. The van der Waals surface area contributed by atoms with Gasteiger partial charge < -0.3 is 14.4 Å². The number of alkyl halides is 3. The molecule has 0 N–H and O–H groups in total. The lowest BCUT2D eigenvalue weighted by molar-refractivity contribution is -0.217. The van der Waals surface area contributed by atoms with Gasteiger partial charge in [-0.15, -0.1) is 0 Å². The van der Waals surface area contributed by atoms with E-state index in [1.165, 1.54) is 25.0 Å². The van der Waals surface area contributed by atoms with Gasteiger partial charge >= 0.3 is 6.18 Å². The van der Waals surface area contributed by atoms with E-state index in [0.717, 1.165) is 55.7 Å². The maximum atomic E-state index is 14.1. The van der Waals surface area contributed by atoms with Gasteiger partial charge in [-0.3, -0.25) is 0 Å². The van der Waals surface area contributed by atoms with E-state index in [4.69, 9.17) is 21.1 Å². The van der Waals surface area contributed by atoms with Crippen molar-refractivity contribution in [1.82, 2.24) is 4.90 Å². The molecule has 0 radical (unpaired) electrons. The molecule has 1 atom stereocenters. The zero-order chi connectivity index (χ0) is 29.9. The minimum Gasteiger partial charge on any atom is -0.497 e. The van der Waals surface area contributed by atoms with Crippen LogP contribution >= 0.6 is 11.6 Å². The van der Waals surface area contributed by atoms with Crippen molar-refractivity contribution in [1.29, 1.82) is 0 Å². The summed E-state index contributed by atoms with van der Waals surface area (Å²) in [4.78, 5) is 2.12. The van der Waals surface area contributed by atoms with Gasteiger partial charge in [0, 0.05) is 30.1 Å². The third kappa shape index (κ3) is 8.20. The monoisotopic (exact) mass is 593 g/mol. The predicted octanol–water partition coefficient (Wildman–Crippen LogP) is 9.43. The molecule has 0 spiro atoms. The molecular formula is C34H47ClF3NO2. The second-order valence-electron chi connectivity index (χ2n) is 13.7. The number of hydrogen-bond acceptors (Lipinski definition) is 3. The Labute approximate surface area is 249 Å². The minimum absolute atomic E-state index is 0.00615. The van der Waals surface area contributed by atoms with E-state index in [1.807, 2.05) is 24.3 Å². The molecule has 2 aromatic rings. The second-order valence-corrected chi connectivity index (χ2v) is 14.1. The Morgan fingerprint density at radius 2 is 1.61 bits per heavy atom. The highest BCUT2D eigenvalue weighted by atomic mass is 35.5. The highest BCUT2D eigenvalue weighted by Gasteiger charge is 2.49. The summed E-state index contributed by atoms with van der Waals surface area (Å²) in [6, 6.07) is 16.3. The maximum Gasteiger partial charge on any atom is 0.395 e. The average molecular weight is 594 g/mol. The van der Waals surface area contributed by atoms with Crippen LogP contribution in [0.5, 0.6) is 5.75 Å². The Bertz CT molecular complexity index is 1110. The Kier molecular flexibility index (Phi) is 10.1. The molecule has 0 unspecified atom stereocenters. The lowest BCUT2D eigenvalue weighted by Gasteiger charge is -2.47. The fraction of sp³-hybridized carbons (Fsp3) is 0.647. The Balaban J connectivity index is 1.51. The van der Waals surface area contributed by atoms with Crippen LogP contribution in [0.1, 0.15) is 89.7 Å². The van der Waals surface area contributed by atoms with Crippen LogP contribution < -0.4 is 4.74 Å². The molecule has 1 heterocycles. The zero-order valence-corrected chi connectivity index (χ0v) is 26.1. The SMILES string of the molecule is COc1ccc([C@]2(CCN(CC(C)(C)C(F)(F)F)C[C@H]3CC[C@H](c4ccc(Cl)cc4)CC3)CCOC(C)(C)C2)cc1. The quantitative estimate of drug-likeness (QED) is 0.274. The van der Waals surface area contributed by atoms with Gasteiger partial charge in [0.1, 0.15) is 5.75 Å². The molecule has 2 fully saturated rings. The first-order valence-electron chi connectivity index (χ1n) is 15.1. The van der Waals surface area contributed by atoms with Crippen molar-refractivity contribution in [3.63, 3.8) is 0 Å². The molecule has 2 aromatic carbocycles. The summed E-state index contributed by atoms with van der Waals surface area (Å²) in [6.07, 6.45) is 2.39. The lowest BCUT2D eigenvalue weighted by atomic mass is 9.67. The highest BCUT2D eigenvalue weighted by molar-refractivity contribution is 6.30. The lowest BCUT2D eigenvalue weighted by Crippen LogP contribution is -2.49. The molecule has 0 bridgehead atoms. The van der Waals surface area contributed by atoms with Crippen molar-refractivity contribution in [3.05, 3.63) is 64.7 Å². The average Bonchev–Trinajstić information content (AvgIpc) is 2.91. The van der Waals surface area contributed by atoms with Crippen LogP contribution in [0.25, 0.3) is 0 Å². The molecule has 7 heteroatoms. The van der Waals surface area contributed by atoms with Crippen molar-refractivity contribution in [3.8, 4) is 5.75 Å². The fourth-order valence-corrected chi connectivity index (χ4v) is 7.19. The number of methoxy groups -OCH3 is 1. The molecule has 3 nitrogen and oxygen atoms in total. The molecular weight excluding hydrogens is 547 g/mol. The van der Waals surface area contributed by atoms with Gasteiger partial charge in [-0.2, -0.15) is 13.2 Å². The standard InChI is InChI=1S/C34H47ClF3NO2/c1-31(2,34(36,37)38)24-39(22-25-6-8-26(9-7-25)27-10-14-29(35)15-11-27)20-18-33(19-21-41-32(3,4)23-33)28-12-16-30(40-5)17-13-28/h10-17,25-26H,6-9,18-24H2,1-5H3/t25-,26-,33-/m1/s1. The summed E-state index contributed by atoms with van der Waals surface area (Å²) < 4.78 is 53.7. The van der Waals surface area contributed by atoms with E-state index in [2.05, 4.69) is 43.0 Å². The number of benzene rings is 2. The normalized spacial score (nSPS) is 25.3. The van der Waals surface area contributed by atoms with E-state index in [-0.39, 0.29) is 17.6 Å². The van der Waals surface area contributed by atoms with Gasteiger partial charge in [-0.25, -0.2) is 0 Å². The van der Waals surface area contributed by atoms with Gasteiger partial charge in [0.25, 0.3) is 0 Å². The van der Waals surface area contributed by atoms with Crippen LogP contribution in [-0.4, -0.2) is 50.0 Å². The first kappa shape index (κ1) is 32.2. The molecule has 4 rings (SSSR count). The first-order chi connectivity index (χ1) is 19.2. The number of ether oxygens (including phenoxy) is 2. The number of hydrogen-bond donors (Lipinski definition) is 0. The van der Waals surface area contributed by atoms with Crippen LogP contribution in [0.15, 0.2) is 48.5 Å². The van der Waals surface area contributed by atoms with E-state index >= 15 is 0 Å². The Hall–Kier alpha value is -1.76. The third-order valence-electron chi connectivity index (χ3n) is 9.54. The molecule has 1 saturated heterocycles. The minimum atomic E-state index is -4.26. The number of nitrogens with zero attached hydrogens (tertiary/aromatic N) is 1. The first-order valence-corrected chi connectivity index (χ1v) is 15.4. The fourth-order valence-electron chi connectivity index (χ4n) is 7.06. The van der Waals surface area contributed by atoms with Crippen molar-refractivity contribution < 1.29 is 22.6 Å². The topological polar surface area (TPSA) is 21.7 Å². The van der Waals surface area contributed by atoms with Crippen LogP contribution in [0.3, 0.4) is 0 Å². The largest absolute Gasteiger partial charge is 0.497 e. The molecule has 1 aliphatic carbocycles. The smallest absolute Gasteiger partial charge is 0.395 e. The van der Waals surface area contributed by atoms with E-state index in [0.29, 0.717) is 31.5 Å². The molecule has 0 amide bonds. The predicted molar refractivity (Wildman–Crippen MR) is 161 cm³/mol. The maximum absolute atomic E-state index is 14.1. The Morgan fingerprint density at radius 1 is 0.976 bits per heavy atom. The van der Waals surface area contributed by atoms with Crippen LogP contribution in [0.2, 0.25) is 5.02 Å². The van der Waals surface area contributed by atoms with Crippen molar-refractivity contribution in [2.75, 3.05) is 33.4 Å². The van der Waals surface area contributed by atoms with Gasteiger partial charge in [-0.05, 0) is 126 Å². The summed E-state index contributed by atoms with van der Waals surface area (Å²) >= 11 is 6.08. The second kappa shape index (κ2) is 12.9. The zero-order valence-electron chi connectivity index (χ0n) is 25.3. The number of halogens is 4. The molecule has 0 aromatic heterocycles. The van der Waals surface area contributed by atoms with Gasteiger partial charge in [0.2, 0.25) is 0 Å². The van der Waals surface area contributed by atoms with Crippen LogP contribution in [0, 0.1) is 11.3 Å². The summed E-state index contributed by atoms with van der Waals surface area (Å²) in [7, 11) is 1.66. The Morgan fingerprint density at radius 3 is 2.17 bits per heavy atom. The number of rotatable bonds is 10. The van der Waals surface area contributed by atoms with Crippen molar-refractivity contribution in [2.45, 2.75) is 95.8 Å².